The Morgan fingerprint density at radius 3 is 1.94 bits per heavy atom. The summed E-state index contributed by atoms with van der Waals surface area (Å²) < 4.78 is 2.18. The summed E-state index contributed by atoms with van der Waals surface area (Å²) in [6, 6.07) is 43.2. The van der Waals surface area contributed by atoms with Crippen molar-refractivity contribution < 1.29 is 0 Å². The first-order chi connectivity index (χ1) is 17.2. The van der Waals surface area contributed by atoms with E-state index in [1.807, 2.05) is 60.7 Å². The van der Waals surface area contributed by atoms with E-state index < -0.39 is 0 Å². The van der Waals surface area contributed by atoms with Crippen molar-refractivity contribution >= 4 is 21.8 Å². The van der Waals surface area contributed by atoms with Crippen LogP contribution in [-0.2, 0) is 0 Å². The van der Waals surface area contributed by atoms with Gasteiger partial charge in [-0.2, -0.15) is 10.5 Å². The lowest BCUT2D eigenvalue weighted by molar-refractivity contribution is 1.18. The zero-order valence-electron chi connectivity index (χ0n) is 18.8. The molecule has 3 nitrogen and oxygen atoms in total. The lowest BCUT2D eigenvalue weighted by atomic mass is 9.97. The molecule has 35 heavy (non-hydrogen) atoms. The molecule has 5 aromatic carbocycles. The number of rotatable bonds is 3. The molecular formula is C32H19N3. The first-order valence-electron chi connectivity index (χ1n) is 11.4. The number of hydrogen-bond donors (Lipinski definition) is 0. The molecule has 6 aromatic rings. The molecule has 0 amide bonds. The number of benzene rings is 5. The van der Waals surface area contributed by atoms with E-state index in [4.69, 9.17) is 0 Å². The van der Waals surface area contributed by atoms with Gasteiger partial charge in [0.25, 0.3) is 0 Å². The third kappa shape index (κ3) is 3.53. The fourth-order valence-electron chi connectivity index (χ4n) is 4.80. The molecule has 0 saturated heterocycles. The number of nitrogens with zero attached hydrogens (tertiary/aromatic N) is 3. The van der Waals surface area contributed by atoms with Crippen LogP contribution in [0.25, 0.3) is 49.7 Å². The molecule has 0 bridgehead atoms. The first-order valence-corrected chi connectivity index (χ1v) is 11.4. The molecule has 6 rings (SSSR count). The molecular weight excluding hydrogens is 426 g/mol. The van der Waals surface area contributed by atoms with E-state index in [0.717, 1.165) is 49.7 Å². The van der Waals surface area contributed by atoms with Crippen molar-refractivity contribution in [2.24, 2.45) is 0 Å². The standard InChI is InChI=1S/C32H19N3/c33-20-22-13-14-32-30(17-22)29-11-4-5-12-31(29)35(32)28-16-23(21-34)15-27(19-28)26-10-6-9-25(18-26)24-7-2-1-3-8-24/h1-19H. The number of nitriles is 2. The summed E-state index contributed by atoms with van der Waals surface area (Å²) in [5.41, 5.74) is 8.51. The highest BCUT2D eigenvalue weighted by molar-refractivity contribution is 6.09. The average molecular weight is 446 g/mol. The number of aromatic nitrogens is 1. The summed E-state index contributed by atoms with van der Waals surface area (Å²) in [5, 5.41) is 21.4. The summed E-state index contributed by atoms with van der Waals surface area (Å²) in [7, 11) is 0. The summed E-state index contributed by atoms with van der Waals surface area (Å²) in [6.45, 7) is 0. The minimum Gasteiger partial charge on any atom is -0.309 e. The molecule has 162 valence electrons. The van der Waals surface area contributed by atoms with Gasteiger partial charge in [0.2, 0.25) is 0 Å². The maximum absolute atomic E-state index is 9.86. The second-order valence-electron chi connectivity index (χ2n) is 8.52. The predicted octanol–water partition coefficient (Wildman–Crippen LogP) is 7.86. The van der Waals surface area contributed by atoms with Crippen LogP contribution in [0.5, 0.6) is 0 Å². The zero-order valence-corrected chi connectivity index (χ0v) is 18.8. The molecule has 0 unspecified atom stereocenters. The van der Waals surface area contributed by atoms with Gasteiger partial charge in [0.1, 0.15) is 0 Å². The fraction of sp³-hybridized carbons (Fsp3) is 0. The Kier molecular flexibility index (Phi) is 4.88. The molecule has 0 atom stereocenters. The molecule has 0 spiro atoms. The van der Waals surface area contributed by atoms with E-state index in [1.165, 1.54) is 0 Å². The third-order valence-corrected chi connectivity index (χ3v) is 6.41. The van der Waals surface area contributed by atoms with Crippen molar-refractivity contribution in [3.63, 3.8) is 0 Å². The van der Waals surface area contributed by atoms with Crippen molar-refractivity contribution in [1.82, 2.24) is 4.57 Å². The van der Waals surface area contributed by atoms with Crippen LogP contribution < -0.4 is 0 Å². The summed E-state index contributed by atoms with van der Waals surface area (Å²) in [6.07, 6.45) is 0. The molecule has 0 radical (unpaired) electrons. The van der Waals surface area contributed by atoms with Crippen molar-refractivity contribution in [2.75, 3.05) is 0 Å². The number of fused-ring (bicyclic) bond motifs is 3. The number of para-hydroxylation sites is 1. The molecule has 0 N–H and O–H groups in total. The Morgan fingerprint density at radius 1 is 0.457 bits per heavy atom. The monoisotopic (exact) mass is 445 g/mol. The smallest absolute Gasteiger partial charge is 0.0992 e. The van der Waals surface area contributed by atoms with Gasteiger partial charge >= 0.3 is 0 Å². The lowest BCUT2D eigenvalue weighted by Crippen LogP contribution is -1.96. The van der Waals surface area contributed by atoms with Crippen molar-refractivity contribution in [2.45, 2.75) is 0 Å². The van der Waals surface area contributed by atoms with Crippen LogP contribution in [0.4, 0.5) is 0 Å². The van der Waals surface area contributed by atoms with Crippen LogP contribution in [0, 0.1) is 22.7 Å². The second kappa shape index (κ2) is 8.34. The molecule has 0 saturated carbocycles. The molecule has 1 aromatic heterocycles. The molecule has 0 fully saturated rings. The van der Waals surface area contributed by atoms with Crippen LogP contribution in [0.2, 0.25) is 0 Å². The largest absolute Gasteiger partial charge is 0.309 e. The van der Waals surface area contributed by atoms with Crippen LogP contribution in [-0.4, -0.2) is 4.57 Å². The van der Waals surface area contributed by atoms with E-state index in [-0.39, 0.29) is 0 Å². The highest BCUT2D eigenvalue weighted by atomic mass is 15.0. The average Bonchev–Trinajstić information content (AvgIpc) is 3.27. The van der Waals surface area contributed by atoms with E-state index in [2.05, 4.69) is 71.3 Å². The van der Waals surface area contributed by atoms with E-state index >= 15 is 0 Å². The number of hydrogen-bond acceptors (Lipinski definition) is 2. The second-order valence-corrected chi connectivity index (χ2v) is 8.52. The van der Waals surface area contributed by atoms with Crippen molar-refractivity contribution in [1.29, 1.82) is 10.5 Å². The SMILES string of the molecule is N#Cc1cc(-c2cccc(-c3ccccc3)c2)cc(-n2c3ccccc3c3cc(C#N)ccc32)c1. The van der Waals surface area contributed by atoms with Crippen LogP contribution in [0.15, 0.2) is 115 Å². The normalized spacial score (nSPS) is 10.8. The van der Waals surface area contributed by atoms with E-state index in [1.54, 1.807) is 0 Å². The topological polar surface area (TPSA) is 52.5 Å². The first kappa shape index (κ1) is 20.5. The van der Waals surface area contributed by atoms with Gasteiger partial charge in [-0.3, -0.25) is 0 Å². The Hall–Kier alpha value is -5.12. The zero-order chi connectivity index (χ0) is 23.8. The Morgan fingerprint density at radius 2 is 1.14 bits per heavy atom. The van der Waals surface area contributed by atoms with Crippen LogP contribution >= 0.6 is 0 Å². The highest BCUT2D eigenvalue weighted by Gasteiger charge is 2.14. The Balaban J connectivity index is 1.59. The summed E-state index contributed by atoms with van der Waals surface area (Å²) in [4.78, 5) is 0. The van der Waals surface area contributed by atoms with Gasteiger partial charge in [0, 0.05) is 16.5 Å². The van der Waals surface area contributed by atoms with Gasteiger partial charge in [-0.15, -0.1) is 0 Å². The summed E-state index contributed by atoms with van der Waals surface area (Å²) >= 11 is 0. The highest BCUT2D eigenvalue weighted by Crippen LogP contribution is 2.35. The van der Waals surface area contributed by atoms with Gasteiger partial charge < -0.3 is 4.57 Å². The van der Waals surface area contributed by atoms with Gasteiger partial charge in [0.05, 0.1) is 34.3 Å². The summed E-state index contributed by atoms with van der Waals surface area (Å²) in [5.74, 6) is 0. The molecule has 0 aliphatic rings. The fourth-order valence-corrected chi connectivity index (χ4v) is 4.80. The van der Waals surface area contributed by atoms with Gasteiger partial charge in [-0.1, -0.05) is 66.7 Å². The minimum atomic E-state index is 0.599. The van der Waals surface area contributed by atoms with E-state index in [9.17, 15) is 10.5 Å². The molecule has 1 heterocycles. The van der Waals surface area contributed by atoms with Crippen LogP contribution in [0.3, 0.4) is 0 Å². The predicted molar refractivity (Wildman–Crippen MR) is 141 cm³/mol. The molecule has 3 heteroatoms. The molecule has 0 aliphatic carbocycles. The molecule has 0 aliphatic heterocycles. The van der Waals surface area contributed by atoms with Crippen LogP contribution in [0.1, 0.15) is 11.1 Å². The minimum absolute atomic E-state index is 0.599. The van der Waals surface area contributed by atoms with Gasteiger partial charge in [-0.05, 0) is 70.8 Å². The van der Waals surface area contributed by atoms with Crippen molar-refractivity contribution in [3.8, 4) is 40.1 Å². The Labute approximate surface area is 203 Å². The quantitative estimate of drug-likeness (QED) is 0.278. The maximum Gasteiger partial charge on any atom is 0.0992 e. The van der Waals surface area contributed by atoms with E-state index in [0.29, 0.717) is 11.1 Å². The third-order valence-electron chi connectivity index (χ3n) is 6.41. The van der Waals surface area contributed by atoms with Gasteiger partial charge in [0.15, 0.2) is 0 Å². The maximum atomic E-state index is 9.86. The Bertz CT molecular complexity index is 1810. The van der Waals surface area contributed by atoms with Gasteiger partial charge in [-0.25, -0.2) is 0 Å². The lowest BCUT2D eigenvalue weighted by Gasteiger charge is -2.12. The van der Waals surface area contributed by atoms with Crippen molar-refractivity contribution in [3.05, 3.63) is 126 Å².